The Balaban J connectivity index is 0.000000508. The summed E-state index contributed by atoms with van der Waals surface area (Å²) in [5.41, 5.74) is 5.25. The smallest absolute Gasteiger partial charge is 0.192 e. The van der Waals surface area contributed by atoms with E-state index in [4.69, 9.17) is 28.1 Å². The highest BCUT2D eigenvalue weighted by Crippen LogP contribution is 2.38. The van der Waals surface area contributed by atoms with Gasteiger partial charge in [0.25, 0.3) is 0 Å². The van der Waals surface area contributed by atoms with Gasteiger partial charge in [0.2, 0.25) is 0 Å². The summed E-state index contributed by atoms with van der Waals surface area (Å²) in [6.45, 7) is 19.5. The lowest BCUT2D eigenvalue weighted by molar-refractivity contribution is -0.166. The van der Waals surface area contributed by atoms with Crippen LogP contribution >= 0.6 is 0 Å². The lowest BCUT2D eigenvalue weighted by Gasteiger charge is -2.35. The number of benzene rings is 4. The normalized spacial score (nSPS) is 9.71. The standard InChI is InChI=1S/C56H6.C30H41NO6Si.C24H27NO6.CH4/c1-3-5-7-9-11-13-15-17-19-21-23-25-27-29-31-33-35-37-39-41-43-45-47-49-51-53-55-56-54-52-50-48-46-44-42-40-38-36-34-32-30-28-26-24-22-20-18-16-14-12-10-8-6-4-2;1-8-21-9-13-23(14-10-21)24-15-11-22(12-16-24)19-35-30(5,27(33)18-32)28(34)26-17-25(37-31-26)20-36-38(6,7)29(2,3)4;1-3-16-4-8-18(9-5-16)19-10-6-17(7-11-19)15-30-24(2,22(28)14-27)23(29)21-12-20(13-26)31-25-21;/h1-2H3;9-17,28,32,34H,8,18-20H2,1-7H3;4-12,23,26-27,29H,3,13-15H2,1-2H3;1H4/t;28-,30+;23-,24+;/m.00./s1. The van der Waals surface area contributed by atoms with Gasteiger partial charge in [0.15, 0.2) is 42.6 Å². The minimum atomic E-state index is -2.01. The second-order valence-electron chi connectivity index (χ2n) is 25.9. The minimum absolute atomic E-state index is 0. The first-order valence-corrected chi connectivity index (χ1v) is 40.3. The zero-order valence-electron chi connectivity index (χ0n) is 70.2. The number of carbonyl (C=O) groups excluding carboxylic acids is 2. The van der Waals surface area contributed by atoms with Crippen molar-refractivity contribution in [2.75, 3.05) is 13.2 Å². The fourth-order valence-electron chi connectivity index (χ4n) is 8.64. The van der Waals surface area contributed by atoms with Gasteiger partial charge in [-0.15, -0.1) is 0 Å². The molecule has 0 unspecified atom stereocenters. The van der Waals surface area contributed by atoms with Crippen molar-refractivity contribution in [1.29, 1.82) is 0 Å². The van der Waals surface area contributed by atoms with Crippen LogP contribution in [0, 0.1) is 320 Å². The molecule has 0 radical (unpaired) electrons. The Morgan fingerprint density at radius 1 is 0.341 bits per heavy atom. The predicted molar refractivity (Wildman–Crippen MR) is 492 cm³/mol. The molecule has 4 atom stereocenters. The van der Waals surface area contributed by atoms with Crippen LogP contribution in [0.25, 0.3) is 22.3 Å². The molecule has 5 N–H and O–H groups in total. The zero-order valence-corrected chi connectivity index (χ0v) is 71.2. The van der Waals surface area contributed by atoms with E-state index in [2.05, 4.69) is 426 Å². The monoisotopic (exact) mass is 1660 g/mol. The van der Waals surface area contributed by atoms with Gasteiger partial charge in [0.05, 0.1) is 19.8 Å². The van der Waals surface area contributed by atoms with Crippen LogP contribution < -0.4 is 0 Å². The van der Waals surface area contributed by atoms with E-state index in [1.54, 1.807) is 19.9 Å². The van der Waals surface area contributed by atoms with Gasteiger partial charge in [0.1, 0.15) is 43.4 Å². The van der Waals surface area contributed by atoms with Crippen molar-refractivity contribution in [3.8, 4) is 342 Å². The van der Waals surface area contributed by atoms with Crippen LogP contribution in [-0.4, -0.2) is 80.1 Å². The van der Waals surface area contributed by atoms with Gasteiger partial charge in [-0.1, -0.05) is 161 Å². The number of ketones is 2. The Morgan fingerprint density at radius 3 is 0.738 bits per heavy atom. The predicted octanol–water partition coefficient (Wildman–Crippen LogP) is 10.7. The number of aliphatic hydroxyl groups is 5. The maximum absolute atomic E-state index is 12.7. The SMILES string of the molecule is C.CC#CC#CC#CC#CC#CC#CC#CC#CC#CC#CC#CC#CC#CC#CC#CC#CC#CC#CC#CC#CC#CC#CC#CC#CC#CC#CC#CC.CCc1ccc(-c2ccc(CO[C@](C)(C(=O)CO)[C@@H](O)c3cc(CO)on3)cc2)cc1.CCc1ccc(-c2ccc(CO[C@](C)(C(=O)CO)[C@@H](O)c3cc(CO[Si](C)(C)C(C)(C)C)on3)cc2)cc1. The van der Waals surface area contributed by atoms with E-state index in [9.17, 15) is 30.0 Å². The lowest BCUT2D eigenvalue weighted by Crippen LogP contribution is -2.46. The van der Waals surface area contributed by atoms with Gasteiger partial charge in [0, 0.05) is 225 Å². The summed E-state index contributed by atoms with van der Waals surface area (Å²) in [5.74, 6) is 135. The summed E-state index contributed by atoms with van der Waals surface area (Å²) in [7, 11) is -2.01. The fraction of sp³-hybridized carbons (Fsp3) is 0.225. The average Bonchev–Trinajstić information content (AvgIpc) is 1.33. The number of carbonyl (C=O) groups is 2. The highest BCUT2D eigenvalue weighted by atomic mass is 28.4. The Kier molecular flexibility index (Phi) is 49.8. The molecular weight excluding hydrogens is 1580 g/mol. The van der Waals surface area contributed by atoms with Crippen LogP contribution in [0.5, 0.6) is 0 Å². The molecule has 608 valence electrons. The molecule has 0 aliphatic heterocycles. The average molecular weight is 1660 g/mol. The van der Waals surface area contributed by atoms with E-state index in [-0.39, 0.29) is 49.4 Å². The first-order valence-electron chi connectivity index (χ1n) is 37.4. The van der Waals surface area contributed by atoms with Crippen molar-refractivity contribution in [1.82, 2.24) is 10.3 Å². The van der Waals surface area contributed by atoms with Crippen LogP contribution in [-0.2, 0) is 62.8 Å². The molecule has 0 aliphatic carbocycles. The van der Waals surface area contributed by atoms with Crippen molar-refractivity contribution in [2.45, 2.75) is 151 Å². The van der Waals surface area contributed by atoms with Crippen molar-refractivity contribution < 1.29 is 58.1 Å². The van der Waals surface area contributed by atoms with Crippen LogP contribution in [0.1, 0.15) is 127 Å². The molecule has 0 fully saturated rings. The van der Waals surface area contributed by atoms with Crippen molar-refractivity contribution in [3.63, 3.8) is 0 Å². The molecule has 6 rings (SSSR count). The largest absolute Gasteiger partial charge is 0.409 e. The van der Waals surface area contributed by atoms with Crippen LogP contribution in [0.3, 0.4) is 0 Å². The summed E-state index contributed by atoms with van der Waals surface area (Å²) >= 11 is 0. The maximum Gasteiger partial charge on any atom is 0.192 e. The van der Waals surface area contributed by atoms with E-state index in [0.717, 1.165) is 46.2 Å². The molecule has 0 aliphatic rings. The summed E-state index contributed by atoms with van der Waals surface area (Å²) in [5, 5.41) is 57.6. The molecular formula is C111H78N2O12Si. The number of hydrogen-bond acceptors (Lipinski definition) is 14. The van der Waals surface area contributed by atoms with E-state index < -0.39 is 63.1 Å². The van der Waals surface area contributed by atoms with Gasteiger partial charge in [-0.3, -0.25) is 9.59 Å². The van der Waals surface area contributed by atoms with Crippen molar-refractivity contribution >= 4 is 19.9 Å². The molecule has 0 saturated heterocycles. The summed E-state index contributed by atoms with van der Waals surface area (Å²) in [4.78, 5) is 25.1. The third kappa shape index (κ3) is 40.9. The molecule has 2 aromatic heterocycles. The van der Waals surface area contributed by atoms with Crippen LogP contribution in [0.2, 0.25) is 18.1 Å². The van der Waals surface area contributed by atoms with E-state index in [1.165, 1.54) is 31.0 Å². The number of Topliss-reactive ketones (excluding diaryl/α,β-unsaturated/α-hetero) is 2. The molecule has 0 bridgehead atoms. The summed E-state index contributed by atoms with van der Waals surface area (Å²) in [6.07, 6.45) is -0.936. The first kappa shape index (κ1) is 103. The molecule has 6 aromatic rings. The molecule has 14 nitrogen and oxygen atoms in total. The summed E-state index contributed by atoms with van der Waals surface area (Å²) in [6, 6.07) is 35.3. The number of ether oxygens (including phenoxy) is 2. The molecule has 0 saturated carbocycles. The highest BCUT2D eigenvalue weighted by molar-refractivity contribution is 6.74. The first-order chi connectivity index (χ1) is 60.6. The Hall–Kier alpha value is -17.3. The topological polar surface area (TPSA) is 215 Å². The number of hydrogen-bond donors (Lipinski definition) is 5. The van der Waals surface area contributed by atoms with E-state index >= 15 is 0 Å². The number of nitrogens with zero attached hydrogens (tertiary/aromatic N) is 2. The molecule has 0 amide bonds. The van der Waals surface area contributed by atoms with Gasteiger partial charge in [-0.05, 0) is 198 Å². The molecule has 2 heterocycles. The van der Waals surface area contributed by atoms with Crippen molar-refractivity contribution in [2.24, 2.45) is 0 Å². The Labute approximate surface area is 743 Å². The second kappa shape index (κ2) is 61.0. The van der Waals surface area contributed by atoms with Gasteiger partial charge < -0.3 is 48.5 Å². The van der Waals surface area contributed by atoms with Crippen LogP contribution in [0.4, 0.5) is 0 Å². The molecule has 0 spiro atoms. The molecule has 15 heteroatoms. The third-order valence-electron chi connectivity index (χ3n) is 16.5. The quantitative estimate of drug-likeness (QED) is 0.0316. The van der Waals surface area contributed by atoms with Crippen molar-refractivity contribution in [3.05, 3.63) is 154 Å². The lowest BCUT2D eigenvalue weighted by atomic mass is 9.91. The summed E-state index contributed by atoms with van der Waals surface area (Å²) < 4.78 is 28.2. The number of rotatable bonds is 22. The second-order valence-corrected chi connectivity index (χ2v) is 30.7. The zero-order chi connectivity index (χ0) is 90.8. The fourth-order valence-corrected chi connectivity index (χ4v) is 9.57. The minimum Gasteiger partial charge on any atom is -0.409 e. The van der Waals surface area contributed by atoms with E-state index in [0.29, 0.717) is 5.76 Å². The van der Waals surface area contributed by atoms with Gasteiger partial charge in [-0.2, -0.15) is 0 Å². The van der Waals surface area contributed by atoms with Crippen LogP contribution in [0.15, 0.2) is 118 Å². The number of aromatic nitrogens is 2. The third-order valence-corrected chi connectivity index (χ3v) is 21.0. The number of aliphatic hydroxyl groups excluding tert-OH is 5. The van der Waals surface area contributed by atoms with Gasteiger partial charge in [-0.25, -0.2) is 0 Å². The van der Waals surface area contributed by atoms with E-state index in [1.807, 2.05) is 48.5 Å². The maximum atomic E-state index is 12.7. The molecule has 4 aromatic carbocycles. The Morgan fingerprint density at radius 2 is 0.548 bits per heavy atom. The highest BCUT2D eigenvalue weighted by Gasteiger charge is 2.45. The van der Waals surface area contributed by atoms with Gasteiger partial charge >= 0.3 is 0 Å². The Bertz CT molecular complexity index is 6620. The molecule has 126 heavy (non-hydrogen) atoms. The number of aryl methyl sites for hydroxylation is 2.